The zero-order chi connectivity index (χ0) is 97.9. The Morgan fingerprint density at radius 1 is 0.482 bits per heavy atom. The SMILES string of the molecule is CC(C)(C)OC(=O)NCCc1c[nH]c2cnccc12.CC(C)(C)OC(=O)OC(=O)OC(C)(C)C.COc1cccc(S(=O)(=O)n2cc(CCN)c3ccncc32)c1.COc1cccc(S(=O)(=O)n2cc(CCNC(=O)OC(C)(C)C)c3ccncc32)c1.NC(=O)C(=O)c1c[nH]c2cnccc12.NCCc1c[nH]c2cnccc12.O=[N+]([O-])c1cccnc1.[AlH3].[Br-].[CH-]=C.[H-].[Li+].[Mg+2].c1cc2cc[nH]c2cn1. The Labute approximate surface area is 843 Å². The summed E-state index contributed by atoms with van der Waals surface area (Å²) in [6.07, 6.45) is 33.1. The summed E-state index contributed by atoms with van der Waals surface area (Å²) in [5.74, 6) is -0.708. The second-order valence-electron chi connectivity index (χ2n) is 32.2. The molecule has 0 atom stereocenters. The Kier molecular flexibility index (Phi) is 48.3. The summed E-state index contributed by atoms with van der Waals surface area (Å²) < 4.78 is 89.4. The van der Waals surface area contributed by atoms with Crippen LogP contribution in [0.25, 0.3) is 65.4 Å². The minimum Gasteiger partial charge on any atom is -1.00 e. The molecule has 0 aliphatic carbocycles. The van der Waals surface area contributed by atoms with Crippen LogP contribution < -0.4 is 73.2 Å². The number of amides is 3. The fourth-order valence-corrected chi connectivity index (χ4v) is 14.9. The molecule has 12 N–H and O–H groups in total. The van der Waals surface area contributed by atoms with Crippen molar-refractivity contribution >= 4 is 168 Å². The monoisotopic (exact) mass is 2000 g/mol. The van der Waals surface area contributed by atoms with Gasteiger partial charge in [0.2, 0.25) is 0 Å². The van der Waals surface area contributed by atoms with E-state index < -0.39 is 77.5 Å². The number of carbonyl (C=O) groups is 6. The second kappa shape index (κ2) is 55.9. The Morgan fingerprint density at radius 2 is 0.854 bits per heavy atom. The Hall–Kier alpha value is -12.9. The summed E-state index contributed by atoms with van der Waals surface area (Å²) in [4.78, 5) is 117. The van der Waals surface area contributed by atoms with Crippen LogP contribution in [0, 0.1) is 16.7 Å². The Bertz CT molecular complexity index is 6610. The van der Waals surface area contributed by atoms with E-state index in [9.17, 15) is 55.7 Å². The average molecular weight is 2000 g/mol. The van der Waals surface area contributed by atoms with Crippen molar-refractivity contribution < 1.29 is 121 Å². The molecule has 15 aromatic rings. The molecule has 44 heteroatoms. The fourth-order valence-electron chi connectivity index (χ4n) is 12.0. The first kappa shape index (κ1) is 118. The maximum atomic E-state index is 13.3. The number of ether oxygens (including phenoxy) is 7. The summed E-state index contributed by atoms with van der Waals surface area (Å²) in [5.41, 5.74) is 22.9. The van der Waals surface area contributed by atoms with Crippen molar-refractivity contribution in [3.63, 3.8) is 0 Å². The molecule has 13 aromatic heterocycles. The Morgan fingerprint density at radius 3 is 1.25 bits per heavy atom. The quantitative estimate of drug-likeness (QED) is 0.00432. The van der Waals surface area contributed by atoms with Crippen LogP contribution in [-0.2, 0) is 74.2 Å². The number of pyridine rings is 7. The molecular weight excluding hydrogens is 1890 g/mol. The number of aromatic amines is 4. The minimum atomic E-state index is -3.86. The molecule has 137 heavy (non-hydrogen) atoms. The number of nitrogens with two attached hydrogens (primary N) is 3. The number of alkyl carbamates (subject to hydrolysis) is 2. The molecule has 0 radical (unpaired) electrons. The van der Waals surface area contributed by atoms with E-state index in [1.165, 1.54) is 93.6 Å². The van der Waals surface area contributed by atoms with Gasteiger partial charge >= 0.3 is 66.4 Å². The van der Waals surface area contributed by atoms with Crippen molar-refractivity contribution in [2.24, 2.45) is 17.2 Å². The number of nitrogens with one attached hydrogen (secondary N) is 6. The van der Waals surface area contributed by atoms with Gasteiger partial charge in [-0.25, -0.2) is 44.0 Å². The fraction of sp³-hybridized carbons (Fsp3) is 0.280. The first-order chi connectivity index (χ1) is 63.0. The van der Waals surface area contributed by atoms with Gasteiger partial charge in [0, 0.05) is 144 Å². The minimum absolute atomic E-state index is 0. The molecule has 38 nitrogen and oxygen atoms in total. The van der Waals surface area contributed by atoms with E-state index in [0.717, 1.165) is 62.2 Å². The summed E-state index contributed by atoms with van der Waals surface area (Å²) >= 11 is 0. The molecule has 0 saturated carbocycles. The van der Waals surface area contributed by atoms with Crippen LogP contribution >= 0.6 is 0 Å². The molecule has 0 saturated heterocycles. The third kappa shape index (κ3) is 37.3. The van der Waals surface area contributed by atoms with Gasteiger partial charge in [-0.2, -0.15) is 0 Å². The van der Waals surface area contributed by atoms with Crippen LogP contribution in [0.1, 0.15) is 117 Å². The number of halogens is 1. The van der Waals surface area contributed by atoms with Gasteiger partial charge in [0.1, 0.15) is 40.1 Å². The zero-order valence-electron chi connectivity index (χ0n) is 79.2. The molecule has 2 aromatic carbocycles. The van der Waals surface area contributed by atoms with Gasteiger partial charge in [0.05, 0.1) is 105 Å². The summed E-state index contributed by atoms with van der Waals surface area (Å²) in [6.45, 7) is 29.9. The topological polar surface area (TPSA) is 544 Å². The molecular formula is C93H114AlBrLiMgN19O19S2. The number of nitrogens with zero attached hydrogens (tertiary/aromatic N) is 10. The molecule has 0 unspecified atom stereocenters. The van der Waals surface area contributed by atoms with Crippen molar-refractivity contribution in [1.29, 1.82) is 0 Å². The van der Waals surface area contributed by atoms with Gasteiger partial charge < -0.3 is 106 Å². The molecule has 3 amide bonds. The third-order valence-corrected chi connectivity index (χ3v) is 21.0. The van der Waals surface area contributed by atoms with Crippen molar-refractivity contribution in [1.82, 2.24) is 73.4 Å². The van der Waals surface area contributed by atoms with Gasteiger partial charge in [-0.3, -0.25) is 61.2 Å². The van der Waals surface area contributed by atoms with Crippen LogP contribution in [0.3, 0.4) is 0 Å². The van der Waals surface area contributed by atoms with Gasteiger partial charge in [0.15, 0.2) is 17.4 Å². The molecule has 15 rings (SSSR count). The van der Waals surface area contributed by atoms with E-state index in [0.29, 0.717) is 72.5 Å². The number of carbonyl (C=O) groups excluding carboxylic acids is 6. The Balaban J connectivity index is 0.000000544. The van der Waals surface area contributed by atoms with Gasteiger partial charge in [-0.15, -0.1) is 0 Å². The van der Waals surface area contributed by atoms with E-state index in [1.807, 2.05) is 76.0 Å². The first-order valence-electron chi connectivity index (χ1n) is 41.1. The first-order valence-corrected chi connectivity index (χ1v) is 43.9. The summed E-state index contributed by atoms with van der Waals surface area (Å²) in [7, 11) is -4.62. The largest absolute Gasteiger partial charge is 2.00 e. The molecule has 0 bridgehead atoms. The van der Waals surface area contributed by atoms with Crippen LogP contribution in [0.4, 0.5) is 24.9 Å². The number of methoxy groups -OCH3 is 2. The molecule has 0 aliphatic rings. The number of hydrogen-bond acceptors (Lipinski definition) is 28. The number of nitro groups is 1. The number of rotatable bonds is 19. The second-order valence-corrected chi connectivity index (χ2v) is 35.8. The van der Waals surface area contributed by atoms with Crippen molar-refractivity contribution in [2.45, 2.75) is 141 Å². The van der Waals surface area contributed by atoms with Gasteiger partial charge in [-0.1, -0.05) is 12.1 Å². The number of ketones is 1. The maximum Gasteiger partial charge on any atom is 2.00 e. The van der Waals surface area contributed by atoms with E-state index in [4.69, 9.17) is 45.6 Å². The molecule has 13 heterocycles. The molecule has 0 spiro atoms. The number of benzene rings is 2. The zero-order valence-corrected chi connectivity index (χ0v) is 82.8. The summed E-state index contributed by atoms with van der Waals surface area (Å²) in [5, 5.41) is 21.3. The van der Waals surface area contributed by atoms with Crippen LogP contribution in [-0.4, -0.2) is 224 Å². The molecule has 0 aliphatic heterocycles. The maximum absolute atomic E-state index is 13.3. The third-order valence-electron chi connectivity index (χ3n) is 17.7. The number of primary amides is 1. The van der Waals surface area contributed by atoms with Crippen molar-refractivity contribution in [3.8, 4) is 11.5 Å². The van der Waals surface area contributed by atoms with Crippen molar-refractivity contribution in [2.75, 3.05) is 40.4 Å². The predicted octanol–water partition coefficient (Wildman–Crippen LogP) is 7.64. The van der Waals surface area contributed by atoms with E-state index in [-0.39, 0.29) is 105 Å². The van der Waals surface area contributed by atoms with Crippen LogP contribution in [0.2, 0.25) is 0 Å². The number of H-pyrrole nitrogens is 4. The molecule has 720 valence electrons. The number of fused-ring (bicyclic) bond motifs is 6. The van der Waals surface area contributed by atoms with Gasteiger partial charge in [0.25, 0.3) is 37.4 Å². The van der Waals surface area contributed by atoms with E-state index >= 15 is 0 Å². The summed E-state index contributed by atoms with van der Waals surface area (Å²) in [6, 6.07) is 28.8. The van der Waals surface area contributed by atoms with E-state index in [2.05, 4.69) is 83.4 Å². The molecule has 0 fully saturated rings. The standard InChI is InChI=1S/C21H25N3O5S.C16H17N3O3S.C14H19N3O2.C10H18O5.C9H7N3O2.C9H11N3.C7H6N2.C5H4N2O2.C2H3.Al.BrH.Li.Mg.4H/c1-21(2,3)29-20(25)23-11-8-15-14-24(19-13-22-10-9-18(15)19)30(26,27)17-7-5-6-16(12-17)28-4;1-22-13-3-2-4-14(9-13)23(20,21)19-11-12(5-7-17)15-6-8-18-10-16(15)19;1-14(2,3)19-13(18)16-7-4-10-8-17-12-9-15-6-5-11(10)12;1-9(2,3)14-7(11)13-8(12)15-10(4,5)6;10-9(14)8(13)6-3-12-7-4-11-2-1-5(6)7;10-3-1-7-5-12-9-6-11-4-2-8(7)9;1-3-8-5-7-6(1)2-4-9-7;8-7(9)5-2-1-3-6-4-5;1-2;;;;;;;;/h5-7,9-10,12-14H,8,11H2,1-4H3,(H,23,25);2-4,6,8-11H,5,7,17H2,1H3;5-6,8-9,17H,4,7H2,1-3H3,(H,16,18);1-6H3;1-4,12H,(H2,10,14);2,4-6,12H,1,3,10H2;1-5,9H;1-4H;1H,2H2;;1H;;;;;;/q;;;;;;;;-1;;;+1;+2;;;;-1/p-1. The average Bonchev–Trinajstić information content (AvgIpc) is 1.61. The number of hydrogen-bond donors (Lipinski definition) is 9. The smallest absolute Gasteiger partial charge is 1.00 e. The van der Waals surface area contributed by atoms with Gasteiger partial charge in [-0.05, 0) is 217 Å². The number of Topliss-reactive ketones (excluding diaryl/α,β-unsaturated/α-hetero) is 1. The van der Waals surface area contributed by atoms with Crippen LogP contribution in [0.15, 0.2) is 243 Å². The van der Waals surface area contributed by atoms with E-state index in [1.54, 1.807) is 179 Å². The van der Waals surface area contributed by atoms with Crippen LogP contribution in [0.5, 0.6) is 11.5 Å². The number of aromatic nitrogens is 13. The normalized spacial score (nSPS) is 10.8. The predicted molar refractivity (Wildman–Crippen MR) is 521 cm³/mol. The van der Waals surface area contributed by atoms with Crippen molar-refractivity contribution in [3.05, 3.63) is 278 Å².